The lowest BCUT2D eigenvalue weighted by Crippen LogP contribution is -2.39. The van der Waals surface area contributed by atoms with E-state index in [9.17, 15) is 4.79 Å². The van der Waals surface area contributed by atoms with E-state index in [0.29, 0.717) is 17.3 Å². The summed E-state index contributed by atoms with van der Waals surface area (Å²) in [4.78, 5) is 15.1. The second-order valence-electron chi connectivity index (χ2n) is 7.19. The molecule has 3 aromatic rings. The Balaban J connectivity index is 1.55. The molecule has 1 atom stereocenters. The van der Waals surface area contributed by atoms with Crippen molar-refractivity contribution >= 4 is 5.91 Å². The highest BCUT2D eigenvalue weighted by atomic mass is 16.2. The molecule has 0 radical (unpaired) electrons. The van der Waals surface area contributed by atoms with Crippen LogP contribution in [0.3, 0.4) is 0 Å². The topological polar surface area (TPSA) is 63.9 Å². The average Bonchev–Trinajstić information content (AvgIpc) is 3.13. The monoisotopic (exact) mass is 361 g/mol. The number of aryl methyl sites for hydroxylation is 2. The van der Waals surface area contributed by atoms with Gasteiger partial charge in [0, 0.05) is 24.6 Å². The standard InChI is InChI=1S/C21H23N5O/c1-15-6-3-7-17(12-15)19-9-5-11-25(14-19)21(27)18-8-4-10-20(13-18)26-16(2)22-23-24-26/h3-4,6-8,10,12-13,19H,5,9,11,14H2,1-2H3/t19-/m0/s1. The van der Waals surface area contributed by atoms with Crippen LogP contribution in [0.2, 0.25) is 0 Å². The fourth-order valence-corrected chi connectivity index (χ4v) is 3.78. The van der Waals surface area contributed by atoms with Crippen LogP contribution in [-0.2, 0) is 0 Å². The fourth-order valence-electron chi connectivity index (χ4n) is 3.78. The van der Waals surface area contributed by atoms with Gasteiger partial charge in [-0.25, -0.2) is 0 Å². The summed E-state index contributed by atoms with van der Waals surface area (Å²) in [6.07, 6.45) is 2.15. The van der Waals surface area contributed by atoms with Gasteiger partial charge >= 0.3 is 0 Å². The van der Waals surface area contributed by atoms with E-state index in [1.165, 1.54) is 11.1 Å². The number of likely N-dealkylation sites (tertiary alicyclic amines) is 1. The molecule has 1 fully saturated rings. The van der Waals surface area contributed by atoms with Gasteiger partial charge in [-0.2, -0.15) is 4.68 Å². The molecule has 0 spiro atoms. The zero-order chi connectivity index (χ0) is 18.8. The van der Waals surface area contributed by atoms with Gasteiger partial charge < -0.3 is 4.90 Å². The Morgan fingerprint density at radius 1 is 1.11 bits per heavy atom. The third-order valence-corrected chi connectivity index (χ3v) is 5.19. The highest BCUT2D eigenvalue weighted by Gasteiger charge is 2.25. The number of nitrogens with zero attached hydrogens (tertiary/aromatic N) is 5. The minimum atomic E-state index is 0.0694. The summed E-state index contributed by atoms with van der Waals surface area (Å²) < 4.78 is 1.64. The van der Waals surface area contributed by atoms with E-state index in [2.05, 4.69) is 46.7 Å². The first-order valence-electron chi connectivity index (χ1n) is 9.33. The largest absolute Gasteiger partial charge is 0.338 e. The molecule has 0 aliphatic carbocycles. The number of carbonyl (C=O) groups is 1. The molecule has 0 N–H and O–H groups in total. The minimum absolute atomic E-state index is 0.0694. The molecule has 1 amide bonds. The van der Waals surface area contributed by atoms with Crippen molar-refractivity contribution in [1.29, 1.82) is 0 Å². The molecule has 4 rings (SSSR count). The number of benzene rings is 2. The molecule has 1 aliphatic rings. The van der Waals surface area contributed by atoms with Crippen LogP contribution in [0.1, 0.15) is 46.1 Å². The maximum atomic E-state index is 13.1. The Labute approximate surface area is 158 Å². The van der Waals surface area contributed by atoms with E-state index in [1.807, 2.05) is 36.1 Å². The van der Waals surface area contributed by atoms with Crippen molar-refractivity contribution in [3.05, 3.63) is 71.0 Å². The molecule has 0 unspecified atom stereocenters. The molecule has 6 nitrogen and oxygen atoms in total. The zero-order valence-electron chi connectivity index (χ0n) is 15.7. The predicted octanol–water partition coefficient (Wildman–Crippen LogP) is 3.30. The summed E-state index contributed by atoms with van der Waals surface area (Å²) >= 11 is 0. The van der Waals surface area contributed by atoms with Gasteiger partial charge in [0.2, 0.25) is 0 Å². The van der Waals surface area contributed by atoms with Crippen LogP contribution >= 0.6 is 0 Å². The maximum absolute atomic E-state index is 13.1. The second-order valence-corrected chi connectivity index (χ2v) is 7.19. The van der Waals surface area contributed by atoms with E-state index >= 15 is 0 Å². The Hall–Kier alpha value is -3.02. The number of tetrazole rings is 1. The van der Waals surface area contributed by atoms with Crippen LogP contribution in [-0.4, -0.2) is 44.1 Å². The van der Waals surface area contributed by atoms with Crippen LogP contribution in [0.25, 0.3) is 5.69 Å². The molecule has 27 heavy (non-hydrogen) atoms. The highest BCUT2D eigenvalue weighted by molar-refractivity contribution is 5.94. The molecule has 1 saturated heterocycles. The lowest BCUT2D eigenvalue weighted by molar-refractivity contribution is 0.0707. The number of hydrogen-bond acceptors (Lipinski definition) is 4. The number of amides is 1. The average molecular weight is 361 g/mol. The number of aromatic nitrogens is 4. The molecule has 2 heterocycles. The van der Waals surface area contributed by atoms with Crippen molar-refractivity contribution in [2.45, 2.75) is 32.6 Å². The summed E-state index contributed by atoms with van der Waals surface area (Å²) in [6.45, 7) is 5.51. The molecule has 1 aromatic heterocycles. The molecule has 0 saturated carbocycles. The molecule has 6 heteroatoms. The van der Waals surface area contributed by atoms with Gasteiger partial charge in [0.25, 0.3) is 5.91 Å². The van der Waals surface area contributed by atoms with Crippen molar-refractivity contribution in [1.82, 2.24) is 25.1 Å². The Morgan fingerprint density at radius 3 is 2.74 bits per heavy atom. The zero-order valence-corrected chi connectivity index (χ0v) is 15.7. The Morgan fingerprint density at radius 2 is 1.96 bits per heavy atom. The van der Waals surface area contributed by atoms with Gasteiger partial charge in [0.05, 0.1) is 5.69 Å². The molecule has 0 bridgehead atoms. The highest BCUT2D eigenvalue weighted by Crippen LogP contribution is 2.28. The summed E-state index contributed by atoms with van der Waals surface area (Å²) in [7, 11) is 0. The quantitative estimate of drug-likeness (QED) is 0.718. The lowest BCUT2D eigenvalue weighted by atomic mass is 9.89. The van der Waals surface area contributed by atoms with Gasteiger partial charge in [0.1, 0.15) is 0 Å². The van der Waals surface area contributed by atoms with Gasteiger partial charge in [-0.3, -0.25) is 4.79 Å². The van der Waals surface area contributed by atoms with E-state index in [-0.39, 0.29) is 5.91 Å². The third kappa shape index (κ3) is 3.60. The van der Waals surface area contributed by atoms with Crippen molar-refractivity contribution < 1.29 is 4.79 Å². The van der Waals surface area contributed by atoms with Crippen LogP contribution < -0.4 is 0 Å². The van der Waals surface area contributed by atoms with Gasteiger partial charge in [0.15, 0.2) is 5.82 Å². The first-order chi connectivity index (χ1) is 13.1. The SMILES string of the molecule is Cc1cccc([C@H]2CCCN(C(=O)c3cccc(-n4nnnc4C)c3)C2)c1. The second kappa shape index (κ2) is 7.31. The molecular formula is C21H23N5O. The predicted molar refractivity (Wildman–Crippen MR) is 103 cm³/mol. The van der Waals surface area contributed by atoms with Crippen molar-refractivity contribution in [3.8, 4) is 5.69 Å². The van der Waals surface area contributed by atoms with Gasteiger partial charge in [-0.15, -0.1) is 5.10 Å². The summed E-state index contributed by atoms with van der Waals surface area (Å²) in [5.41, 5.74) is 4.06. The van der Waals surface area contributed by atoms with Crippen molar-refractivity contribution in [2.75, 3.05) is 13.1 Å². The maximum Gasteiger partial charge on any atom is 0.253 e. The van der Waals surface area contributed by atoms with Crippen LogP contribution in [0.15, 0.2) is 48.5 Å². The van der Waals surface area contributed by atoms with Gasteiger partial charge in [-0.05, 0) is 60.9 Å². The molecular weight excluding hydrogens is 338 g/mol. The van der Waals surface area contributed by atoms with E-state index in [0.717, 1.165) is 31.6 Å². The number of piperidine rings is 1. The molecule has 2 aromatic carbocycles. The minimum Gasteiger partial charge on any atom is -0.338 e. The Kier molecular flexibility index (Phi) is 4.71. The number of carbonyl (C=O) groups excluding carboxylic acids is 1. The Bertz CT molecular complexity index is 964. The van der Waals surface area contributed by atoms with Gasteiger partial charge in [-0.1, -0.05) is 35.9 Å². The molecule has 1 aliphatic heterocycles. The normalized spacial score (nSPS) is 17.1. The van der Waals surface area contributed by atoms with Crippen LogP contribution in [0.4, 0.5) is 0 Å². The van der Waals surface area contributed by atoms with E-state index in [1.54, 1.807) is 4.68 Å². The summed E-state index contributed by atoms with van der Waals surface area (Å²) in [6, 6.07) is 16.1. The fraction of sp³-hybridized carbons (Fsp3) is 0.333. The smallest absolute Gasteiger partial charge is 0.253 e. The van der Waals surface area contributed by atoms with E-state index < -0.39 is 0 Å². The number of hydrogen-bond donors (Lipinski definition) is 0. The third-order valence-electron chi connectivity index (χ3n) is 5.19. The first-order valence-corrected chi connectivity index (χ1v) is 9.33. The van der Waals surface area contributed by atoms with Crippen molar-refractivity contribution in [2.24, 2.45) is 0 Å². The van der Waals surface area contributed by atoms with Crippen LogP contribution in [0.5, 0.6) is 0 Å². The molecule has 138 valence electrons. The number of rotatable bonds is 3. The van der Waals surface area contributed by atoms with E-state index in [4.69, 9.17) is 0 Å². The summed E-state index contributed by atoms with van der Waals surface area (Å²) in [5, 5.41) is 11.6. The van der Waals surface area contributed by atoms with Crippen molar-refractivity contribution in [3.63, 3.8) is 0 Å². The summed E-state index contributed by atoms with van der Waals surface area (Å²) in [5.74, 6) is 1.16. The van der Waals surface area contributed by atoms with Crippen LogP contribution in [0, 0.1) is 13.8 Å². The lowest BCUT2D eigenvalue weighted by Gasteiger charge is -2.33. The first kappa shape index (κ1) is 17.4.